The molecule has 2 atom stereocenters. The van der Waals surface area contributed by atoms with E-state index in [9.17, 15) is 23.1 Å². The highest BCUT2D eigenvalue weighted by molar-refractivity contribution is 6.33. The quantitative estimate of drug-likeness (QED) is 0.275. The highest BCUT2D eigenvalue weighted by Crippen LogP contribution is 2.45. The van der Waals surface area contributed by atoms with Crippen molar-refractivity contribution in [1.82, 2.24) is 20.5 Å². The molecule has 2 N–H and O–H groups in total. The van der Waals surface area contributed by atoms with Crippen molar-refractivity contribution in [2.75, 3.05) is 0 Å². The zero-order valence-electron chi connectivity index (χ0n) is 21.0. The van der Waals surface area contributed by atoms with Gasteiger partial charge in [-0.2, -0.15) is 13.2 Å². The summed E-state index contributed by atoms with van der Waals surface area (Å²) in [4.78, 5) is 17.1. The normalized spacial score (nSPS) is 17.1. The maximum Gasteiger partial charge on any atom is 0.423 e. The van der Waals surface area contributed by atoms with E-state index < -0.39 is 29.8 Å². The molecule has 1 amide bonds. The Labute approximate surface area is 236 Å². The van der Waals surface area contributed by atoms with Gasteiger partial charge in [0.2, 0.25) is 24.3 Å². The molecule has 8 nitrogen and oxygen atoms in total. The number of amides is 1. The van der Waals surface area contributed by atoms with E-state index in [-0.39, 0.29) is 18.2 Å². The Balaban J connectivity index is 1.65. The Morgan fingerprint density at radius 3 is 2.42 bits per heavy atom. The maximum absolute atomic E-state index is 13.0. The summed E-state index contributed by atoms with van der Waals surface area (Å²) in [5, 5.41) is 20.2. The van der Waals surface area contributed by atoms with Crippen molar-refractivity contribution in [2.45, 2.75) is 44.2 Å². The monoisotopic (exact) mass is 592 g/mol. The Morgan fingerprint density at radius 2 is 1.80 bits per heavy atom. The van der Waals surface area contributed by atoms with Crippen LogP contribution in [0.1, 0.15) is 31.9 Å². The highest BCUT2D eigenvalue weighted by atomic mass is 35.5. The Bertz CT molecular complexity index is 1560. The van der Waals surface area contributed by atoms with Gasteiger partial charge in [-0.1, -0.05) is 41.4 Å². The molecule has 0 fully saturated rings. The van der Waals surface area contributed by atoms with Crippen LogP contribution >= 0.6 is 23.2 Å². The van der Waals surface area contributed by atoms with Gasteiger partial charge in [-0.3, -0.25) is 4.79 Å². The first-order chi connectivity index (χ1) is 18.8. The van der Waals surface area contributed by atoms with Gasteiger partial charge in [0, 0.05) is 33.7 Å². The molecule has 13 heteroatoms. The molecule has 0 spiro atoms. The number of fused-ring (bicyclic) bond motifs is 1. The number of aliphatic hydroxyl groups excluding tert-OH is 1. The van der Waals surface area contributed by atoms with Crippen LogP contribution < -0.4 is 10.1 Å². The molecule has 40 heavy (non-hydrogen) atoms. The van der Waals surface area contributed by atoms with Crippen LogP contribution in [0.2, 0.25) is 10.0 Å². The molecule has 1 unspecified atom stereocenters. The second-order valence-electron chi connectivity index (χ2n) is 9.80. The van der Waals surface area contributed by atoms with Crippen LogP contribution in [0.3, 0.4) is 0 Å². The average molecular weight is 593 g/mol. The molecule has 0 radical (unpaired) electrons. The fourth-order valence-corrected chi connectivity index (χ4v) is 4.87. The van der Waals surface area contributed by atoms with Gasteiger partial charge in [-0.05, 0) is 49.7 Å². The van der Waals surface area contributed by atoms with E-state index in [1.165, 1.54) is 6.39 Å². The number of carbonyl (C=O) groups excluding carboxylic acids is 1. The van der Waals surface area contributed by atoms with Crippen LogP contribution in [0.25, 0.3) is 33.8 Å². The first-order valence-corrected chi connectivity index (χ1v) is 12.7. The van der Waals surface area contributed by atoms with Crippen LogP contribution in [-0.4, -0.2) is 44.1 Å². The van der Waals surface area contributed by atoms with Crippen LogP contribution in [-0.2, 0) is 4.79 Å². The predicted octanol–water partition coefficient (Wildman–Crippen LogP) is 6.41. The van der Waals surface area contributed by atoms with Crippen molar-refractivity contribution >= 4 is 29.1 Å². The standard InChI is InChI=1S/C27H21Cl2F3N4O4/c1-26(2)11-20(34-23(38)22(37)27(30,31)32)18-10-17(13-3-6-15(28)7-4-13)21(35-25(18)40-26)16-8-5-14(9-19(16)29)24-36-33-12-39-24/h3-10,12,20,22,37H,11H2,1-2H3,(H,34,38)/t20-,22?/m1/s1. The summed E-state index contributed by atoms with van der Waals surface area (Å²) < 4.78 is 50.5. The van der Waals surface area contributed by atoms with E-state index in [1.54, 1.807) is 62.4 Å². The lowest BCUT2D eigenvalue weighted by Crippen LogP contribution is -2.48. The number of aromatic nitrogens is 3. The number of rotatable bonds is 5. The summed E-state index contributed by atoms with van der Waals surface area (Å²) in [5.74, 6) is -1.19. The van der Waals surface area contributed by atoms with Gasteiger partial charge in [0.1, 0.15) is 5.60 Å². The number of carbonyl (C=O) groups is 1. The molecule has 5 rings (SSSR count). The molecule has 0 saturated carbocycles. The Kier molecular flexibility index (Phi) is 7.24. The van der Waals surface area contributed by atoms with E-state index in [4.69, 9.17) is 37.3 Å². The van der Waals surface area contributed by atoms with Crippen molar-refractivity contribution in [1.29, 1.82) is 0 Å². The van der Waals surface area contributed by atoms with Gasteiger partial charge in [0.05, 0.1) is 16.8 Å². The topological polar surface area (TPSA) is 110 Å². The largest absolute Gasteiger partial charge is 0.471 e. The van der Waals surface area contributed by atoms with E-state index in [1.807, 2.05) is 0 Å². The molecule has 0 saturated heterocycles. The first-order valence-electron chi connectivity index (χ1n) is 11.9. The molecule has 0 bridgehead atoms. The average Bonchev–Trinajstić information content (AvgIpc) is 3.42. The summed E-state index contributed by atoms with van der Waals surface area (Å²) in [6, 6.07) is 12.7. The van der Waals surface area contributed by atoms with E-state index in [0.717, 1.165) is 0 Å². The fourth-order valence-electron chi connectivity index (χ4n) is 4.47. The minimum Gasteiger partial charge on any atom is -0.471 e. The molecular formula is C27H21Cl2F3N4O4. The fraction of sp³-hybridized carbons (Fsp3) is 0.259. The molecule has 3 heterocycles. The van der Waals surface area contributed by atoms with Crippen molar-refractivity contribution in [3.63, 3.8) is 0 Å². The lowest BCUT2D eigenvalue weighted by molar-refractivity contribution is -0.205. The number of benzene rings is 2. The van der Waals surface area contributed by atoms with Gasteiger partial charge in [-0.25, -0.2) is 4.98 Å². The number of nitrogens with zero attached hydrogens (tertiary/aromatic N) is 3. The summed E-state index contributed by atoms with van der Waals surface area (Å²) >= 11 is 12.8. The molecule has 0 aliphatic carbocycles. The van der Waals surface area contributed by atoms with Crippen LogP contribution in [0, 0.1) is 0 Å². The van der Waals surface area contributed by atoms with Gasteiger partial charge in [0.25, 0.3) is 5.91 Å². The maximum atomic E-state index is 13.0. The second-order valence-corrected chi connectivity index (χ2v) is 10.6. The highest BCUT2D eigenvalue weighted by Gasteiger charge is 2.45. The summed E-state index contributed by atoms with van der Waals surface area (Å²) in [6.45, 7) is 3.44. The second kappa shape index (κ2) is 10.4. The van der Waals surface area contributed by atoms with Gasteiger partial charge < -0.3 is 19.6 Å². The van der Waals surface area contributed by atoms with Crippen molar-refractivity contribution in [2.24, 2.45) is 0 Å². The van der Waals surface area contributed by atoms with Crippen LogP contribution in [0.15, 0.2) is 59.3 Å². The minimum absolute atomic E-state index is 0.104. The zero-order valence-corrected chi connectivity index (χ0v) is 22.5. The van der Waals surface area contributed by atoms with E-state index >= 15 is 0 Å². The zero-order chi connectivity index (χ0) is 28.8. The number of pyridine rings is 1. The Hall–Kier alpha value is -3.67. The lowest BCUT2D eigenvalue weighted by Gasteiger charge is -2.38. The third-order valence-electron chi connectivity index (χ3n) is 6.32. The van der Waals surface area contributed by atoms with Crippen molar-refractivity contribution < 1.29 is 32.2 Å². The third-order valence-corrected chi connectivity index (χ3v) is 6.89. The number of hydrogen-bond acceptors (Lipinski definition) is 7. The molecule has 4 aromatic rings. The first kappa shape index (κ1) is 27.9. The van der Waals surface area contributed by atoms with Crippen LogP contribution in [0.5, 0.6) is 5.88 Å². The number of aliphatic hydroxyl groups is 1. The summed E-state index contributed by atoms with van der Waals surface area (Å²) in [7, 11) is 0. The van der Waals surface area contributed by atoms with Gasteiger partial charge in [-0.15, -0.1) is 10.2 Å². The Morgan fingerprint density at radius 1 is 1.10 bits per heavy atom. The smallest absolute Gasteiger partial charge is 0.423 e. The summed E-state index contributed by atoms with van der Waals surface area (Å²) in [6.07, 6.45) is -6.98. The SMILES string of the molecule is CC1(C)C[C@@H](NC(=O)C(O)C(F)(F)F)c2cc(-c3ccc(Cl)cc3)c(-c3ccc(-c4nnco4)cc3Cl)nc2O1. The van der Waals surface area contributed by atoms with Gasteiger partial charge >= 0.3 is 6.18 Å². The van der Waals surface area contributed by atoms with Crippen LogP contribution in [0.4, 0.5) is 13.2 Å². The number of ether oxygens (including phenoxy) is 1. The van der Waals surface area contributed by atoms with Gasteiger partial charge in [0.15, 0.2) is 0 Å². The molecular weight excluding hydrogens is 572 g/mol. The number of nitrogens with one attached hydrogen (secondary N) is 1. The van der Waals surface area contributed by atoms with E-state index in [0.29, 0.717) is 43.6 Å². The number of halogens is 5. The number of alkyl halides is 3. The predicted molar refractivity (Wildman–Crippen MR) is 141 cm³/mol. The van der Waals surface area contributed by atoms with Crippen molar-refractivity contribution in [3.8, 4) is 39.7 Å². The summed E-state index contributed by atoms with van der Waals surface area (Å²) in [5.41, 5.74) is 2.19. The van der Waals surface area contributed by atoms with E-state index in [2.05, 4.69) is 15.5 Å². The third kappa shape index (κ3) is 5.63. The molecule has 2 aromatic heterocycles. The molecule has 1 aliphatic heterocycles. The minimum atomic E-state index is -5.12. The molecule has 2 aromatic carbocycles. The molecule has 208 valence electrons. The lowest BCUT2D eigenvalue weighted by atomic mass is 9.88. The van der Waals surface area contributed by atoms with Crippen molar-refractivity contribution in [3.05, 3.63) is 70.5 Å². The number of hydrogen-bond donors (Lipinski definition) is 2. The molecule has 1 aliphatic rings.